The smallest absolute Gasteiger partial charge is 0.305 e. The molecule has 2 atom stereocenters. The number of hydrogen-bond donors (Lipinski definition) is 3. The lowest BCUT2D eigenvalue weighted by Crippen LogP contribution is -2.43. The van der Waals surface area contributed by atoms with Crippen LogP contribution in [0.1, 0.15) is 24.9 Å². The second kappa shape index (κ2) is 6.11. The lowest BCUT2D eigenvalue weighted by molar-refractivity contribution is -0.139. The SMILES string of the molecule is C[C@@H](NC(=O)C(N)CC(=O)O)c1ccccc1F. The van der Waals surface area contributed by atoms with Crippen LogP contribution in [0.15, 0.2) is 24.3 Å². The summed E-state index contributed by atoms with van der Waals surface area (Å²) in [6, 6.07) is 4.32. The van der Waals surface area contributed by atoms with Crippen LogP contribution in [0.4, 0.5) is 4.39 Å². The minimum Gasteiger partial charge on any atom is -0.481 e. The Bertz CT molecular complexity index is 451. The Morgan fingerprint density at radius 3 is 2.61 bits per heavy atom. The van der Waals surface area contributed by atoms with Crippen LogP contribution in [-0.2, 0) is 9.59 Å². The van der Waals surface area contributed by atoms with Crippen molar-refractivity contribution in [1.29, 1.82) is 0 Å². The van der Waals surface area contributed by atoms with Crippen LogP contribution in [0, 0.1) is 5.82 Å². The molecule has 1 unspecified atom stereocenters. The first-order chi connectivity index (χ1) is 8.41. The molecule has 0 bridgehead atoms. The van der Waals surface area contributed by atoms with Crippen LogP contribution in [0.25, 0.3) is 0 Å². The molecule has 0 saturated carbocycles. The first-order valence-electron chi connectivity index (χ1n) is 5.44. The van der Waals surface area contributed by atoms with Gasteiger partial charge in [-0.25, -0.2) is 4.39 Å². The Hall–Kier alpha value is -1.95. The first kappa shape index (κ1) is 14.1. The number of halogens is 1. The van der Waals surface area contributed by atoms with Gasteiger partial charge in [0.2, 0.25) is 5.91 Å². The van der Waals surface area contributed by atoms with Crippen LogP contribution < -0.4 is 11.1 Å². The number of nitrogens with two attached hydrogens (primary N) is 1. The van der Waals surface area contributed by atoms with E-state index in [0.29, 0.717) is 5.56 Å². The first-order valence-corrected chi connectivity index (χ1v) is 5.44. The Morgan fingerprint density at radius 1 is 1.44 bits per heavy atom. The molecule has 1 amide bonds. The number of carbonyl (C=O) groups excluding carboxylic acids is 1. The minimum absolute atomic E-state index is 0.327. The van der Waals surface area contributed by atoms with Crippen molar-refractivity contribution in [2.24, 2.45) is 5.73 Å². The van der Waals surface area contributed by atoms with E-state index in [1.165, 1.54) is 6.07 Å². The predicted molar refractivity (Wildman–Crippen MR) is 63.2 cm³/mol. The van der Waals surface area contributed by atoms with Crippen molar-refractivity contribution in [2.45, 2.75) is 25.4 Å². The molecule has 1 rings (SSSR count). The molecule has 0 spiro atoms. The van der Waals surface area contributed by atoms with Crippen LogP contribution >= 0.6 is 0 Å². The minimum atomic E-state index is -1.16. The van der Waals surface area contributed by atoms with Gasteiger partial charge in [0.1, 0.15) is 5.82 Å². The molecule has 4 N–H and O–H groups in total. The fourth-order valence-electron chi connectivity index (χ4n) is 1.51. The lowest BCUT2D eigenvalue weighted by atomic mass is 10.1. The molecular weight excluding hydrogens is 239 g/mol. The maximum absolute atomic E-state index is 13.4. The second-order valence-corrected chi connectivity index (χ2v) is 3.96. The maximum Gasteiger partial charge on any atom is 0.305 e. The predicted octanol–water partition coefficient (Wildman–Crippen LogP) is 0.805. The average Bonchev–Trinajstić information content (AvgIpc) is 2.28. The van der Waals surface area contributed by atoms with Crippen molar-refractivity contribution < 1.29 is 19.1 Å². The second-order valence-electron chi connectivity index (χ2n) is 3.96. The summed E-state index contributed by atoms with van der Waals surface area (Å²) in [7, 11) is 0. The Morgan fingerprint density at radius 2 is 2.06 bits per heavy atom. The van der Waals surface area contributed by atoms with Gasteiger partial charge >= 0.3 is 5.97 Å². The third-order valence-electron chi connectivity index (χ3n) is 2.46. The van der Waals surface area contributed by atoms with E-state index in [0.717, 1.165) is 0 Å². The summed E-state index contributed by atoms with van der Waals surface area (Å²) in [5, 5.41) is 11.0. The van der Waals surface area contributed by atoms with Gasteiger partial charge in [-0.2, -0.15) is 0 Å². The van der Waals surface area contributed by atoms with Gasteiger partial charge in [0.05, 0.1) is 18.5 Å². The molecule has 0 aliphatic carbocycles. The molecule has 0 radical (unpaired) electrons. The maximum atomic E-state index is 13.4. The molecule has 0 aliphatic heterocycles. The molecule has 1 aromatic rings. The summed E-state index contributed by atoms with van der Waals surface area (Å²) in [5.41, 5.74) is 5.72. The van der Waals surface area contributed by atoms with E-state index in [2.05, 4.69) is 5.32 Å². The number of nitrogens with one attached hydrogen (secondary N) is 1. The molecular formula is C12H15FN2O3. The zero-order chi connectivity index (χ0) is 13.7. The quantitative estimate of drug-likeness (QED) is 0.724. The molecule has 6 heteroatoms. The van der Waals surface area contributed by atoms with E-state index in [9.17, 15) is 14.0 Å². The van der Waals surface area contributed by atoms with Crippen molar-refractivity contribution in [2.75, 3.05) is 0 Å². The number of carboxylic acids is 1. The van der Waals surface area contributed by atoms with Crippen LogP contribution in [0.2, 0.25) is 0 Å². The lowest BCUT2D eigenvalue weighted by Gasteiger charge is -2.17. The van der Waals surface area contributed by atoms with Crippen molar-refractivity contribution in [1.82, 2.24) is 5.32 Å². The van der Waals surface area contributed by atoms with E-state index < -0.39 is 36.2 Å². The third-order valence-corrected chi connectivity index (χ3v) is 2.46. The molecule has 0 aromatic heterocycles. The number of carboxylic acid groups (broad SMARTS) is 1. The molecule has 0 fully saturated rings. The Labute approximate surface area is 104 Å². The van der Waals surface area contributed by atoms with E-state index in [1.807, 2.05) is 0 Å². The summed E-state index contributed by atoms with van der Waals surface area (Å²) < 4.78 is 13.4. The number of benzene rings is 1. The molecule has 0 aliphatic rings. The third kappa shape index (κ3) is 3.81. The largest absolute Gasteiger partial charge is 0.481 e. The van der Waals surface area contributed by atoms with Gasteiger partial charge in [-0.1, -0.05) is 18.2 Å². The molecule has 1 aromatic carbocycles. The fraction of sp³-hybridized carbons (Fsp3) is 0.333. The van der Waals surface area contributed by atoms with Crippen molar-refractivity contribution >= 4 is 11.9 Å². The number of rotatable bonds is 5. The van der Waals surface area contributed by atoms with Crippen LogP contribution in [0.5, 0.6) is 0 Å². The Kier molecular flexibility index (Phi) is 4.79. The molecule has 0 heterocycles. The van der Waals surface area contributed by atoms with Crippen molar-refractivity contribution in [3.63, 3.8) is 0 Å². The van der Waals surface area contributed by atoms with Gasteiger partial charge in [-0.05, 0) is 13.0 Å². The van der Waals surface area contributed by atoms with E-state index in [1.54, 1.807) is 25.1 Å². The highest BCUT2D eigenvalue weighted by atomic mass is 19.1. The standard InChI is InChI=1S/C12H15FN2O3/c1-7(8-4-2-3-5-9(8)13)15-12(18)10(14)6-11(16)17/h2-5,7,10H,6,14H2,1H3,(H,15,18)(H,16,17)/t7-,10?/m1/s1. The van der Waals surface area contributed by atoms with Crippen molar-refractivity contribution in [3.8, 4) is 0 Å². The Balaban J connectivity index is 2.65. The topological polar surface area (TPSA) is 92.4 Å². The highest BCUT2D eigenvalue weighted by Gasteiger charge is 2.20. The highest BCUT2D eigenvalue weighted by molar-refractivity contribution is 5.86. The van der Waals surface area contributed by atoms with Gasteiger partial charge in [0.25, 0.3) is 0 Å². The summed E-state index contributed by atoms with van der Waals surface area (Å²) in [4.78, 5) is 22.0. The summed E-state index contributed by atoms with van der Waals surface area (Å²) in [6.45, 7) is 1.60. The van der Waals surface area contributed by atoms with E-state index >= 15 is 0 Å². The monoisotopic (exact) mass is 254 g/mol. The zero-order valence-corrected chi connectivity index (χ0v) is 9.89. The molecule has 18 heavy (non-hydrogen) atoms. The van der Waals surface area contributed by atoms with E-state index in [4.69, 9.17) is 10.8 Å². The van der Waals surface area contributed by atoms with E-state index in [-0.39, 0.29) is 0 Å². The zero-order valence-electron chi connectivity index (χ0n) is 9.89. The number of amides is 1. The summed E-state index contributed by atoms with van der Waals surface area (Å²) in [5.74, 6) is -2.21. The average molecular weight is 254 g/mol. The fourth-order valence-corrected chi connectivity index (χ4v) is 1.51. The summed E-state index contributed by atoms with van der Waals surface area (Å²) in [6.07, 6.45) is -0.462. The van der Waals surface area contributed by atoms with Gasteiger partial charge < -0.3 is 16.2 Å². The normalized spacial score (nSPS) is 13.7. The summed E-state index contributed by atoms with van der Waals surface area (Å²) >= 11 is 0. The molecule has 5 nitrogen and oxygen atoms in total. The number of hydrogen-bond acceptors (Lipinski definition) is 3. The van der Waals surface area contributed by atoms with Gasteiger partial charge in [0.15, 0.2) is 0 Å². The van der Waals surface area contributed by atoms with Crippen LogP contribution in [-0.4, -0.2) is 23.0 Å². The van der Waals surface area contributed by atoms with Gasteiger partial charge in [0, 0.05) is 5.56 Å². The van der Waals surface area contributed by atoms with Crippen LogP contribution in [0.3, 0.4) is 0 Å². The van der Waals surface area contributed by atoms with Gasteiger partial charge in [-0.15, -0.1) is 0 Å². The van der Waals surface area contributed by atoms with Gasteiger partial charge in [-0.3, -0.25) is 9.59 Å². The van der Waals surface area contributed by atoms with Crippen molar-refractivity contribution in [3.05, 3.63) is 35.6 Å². The molecule has 98 valence electrons. The number of carbonyl (C=O) groups is 2. The molecule has 0 saturated heterocycles. The highest BCUT2D eigenvalue weighted by Crippen LogP contribution is 2.15. The number of aliphatic carboxylic acids is 1.